The molecule has 0 spiro atoms. The smallest absolute Gasteiger partial charge is 0.167 e. The fourth-order valence-corrected chi connectivity index (χ4v) is 2.43. The summed E-state index contributed by atoms with van der Waals surface area (Å²) in [5.74, 6) is 0.458. The van der Waals surface area contributed by atoms with Crippen LogP contribution >= 0.6 is 0 Å². The fourth-order valence-electron chi connectivity index (χ4n) is 2.43. The molecule has 86 valence electrons. The van der Waals surface area contributed by atoms with Gasteiger partial charge in [-0.3, -0.25) is 4.79 Å². The van der Waals surface area contributed by atoms with Crippen molar-refractivity contribution in [2.24, 2.45) is 5.92 Å². The van der Waals surface area contributed by atoms with Crippen molar-refractivity contribution < 1.29 is 4.79 Å². The molecular formula is C14H19NO. The SMILES string of the molecule is Cc1cccc(C(=O)C2CCNC2C)c1C. The zero-order chi connectivity index (χ0) is 11.7. The lowest BCUT2D eigenvalue weighted by molar-refractivity contribution is 0.0913. The Morgan fingerprint density at radius 2 is 2.12 bits per heavy atom. The lowest BCUT2D eigenvalue weighted by atomic mass is 9.89. The minimum atomic E-state index is 0.153. The highest BCUT2D eigenvalue weighted by Gasteiger charge is 2.30. The van der Waals surface area contributed by atoms with E-state index in [0.717, 1.165) is 24.1 Å². The summed E-state index contributed by atoms with van der Waals surface area (Å²) < 4.78 is 0. The van der Waals surface area contributed by atoms with Crippen molar-refractivity contribution in [1.82, 2.24) is 5.32 Å². The number of ketones is 1. The molecule has 1 aromatic carbocycles. The second kappa shape index (κ2) is 4.38. The van der Waals surface area contributed by atoms with E-state index < -0.39 is 0 Å². The number of carbonyl (C=O) groups is 1. The second-order valence-electron chi connectivity index (χ2n) is 4.75. The summed E-state index contributed by atoms with van der Waals surface area (Å²) in [7, 11) is 0. The standard InChI is InChI=1S/C14H19NO/c1-9-5-4-6-12(10(9)2)14(16)13-7-8-15-11(13)3/h4-6,11,13,15H,7-8H2,1-3H3. The lowest BCUT2D eigenvalue weighted by Crippen LogP contribution is -2.28. The summed E-state index contributed by atoms with van der Waals surface area (Å²) in [5, 5.41) is 3.33. The molecule has 0 aromatic heterocycles. The Hall–Kier alpha value is -1.15. The van der Waals surface area contributed by atoms with E-state index in [1.54, 1.807) is 0 Å². The van der Waals surface area contributed by atoms with Gasteiger partial charge < -0.3 is 5.32 Å². The molecule has 2 rings (SSSR count). The largest absolute Gasteiger partial charge is 0.313 e. The van der Waals surface area contributed by atoms with E-state index in [1.807, 2.05) is 19.1 Å². The molecule has 2 atom stereocenters. The maximum Gasteiger partial charge on any atom is 0.167 e. The molecule has 2 unspecified atom stereocenters. The Labute approximate surface area is 97.1 Å². The van der Waals surface area contributed by atoms with Crippen LogP contribution in [0, 0.1) is 19.8 Å². The van der Waals surface area contributed by atoms with E-state index in [0.29, 0.717) is 11.8 Å². The van der Waals surface area contributed by atoms with Crippen LogP contribution in [0.5, 0.6) is 0 Å². The molecule has 16 heavy (non-hydrogen) atoms. The molecule has 0 amide bonds. The molecule has 1 N–H and O–H groups in total. The van der Waals surface area contributed by atoms with Crippen molar-refractivity contribution in [3.05, 3.63) is 34.9 Å². The van der Waals surface area contributed by atoms with Gasteiger partial charge in [0.1, 0.15) is 0 Å². The number of hydrogen-bond acceptors (Lipinski definition) is 2. The molecule has 2 nitrogen and oxygen atoms in total. The van der Waals surface area contributed by atoms with Crippen molar-refractivity contribution in [3.63, 3.8) is 0 Å². The van der Waals surface area contributed by atoms with Crippen LogP contribution in [-0.2, 0) is 0 Å². The first-order chi connectivity index (χ1) is 7.61. The normalized spacial score (nSPS) is 24.7. The molecule has 1 aliphatic rings. The summed E-state index contributed by atoms with van der Waals surface area (Å²) in [4.78, 5) is 12.4. The monoisotopic (exact) mass is 217 g/mol. The first-order valence-corrected chi connectivity index (χ1v) is 5.95. The van der Waals surface area contributed by atoms with Gasteiger partial charge in [-0.15, -0.1) is 0 Å². The van der Waals surface area contributed by atoms with Crippen molar-refractivity contribution in [1.29, 1.82) is 0 Å². The Balaban J connectivity index is 2.30. The van der Waals surface area contributed by atoms with Crippen LogP contribution in [0.25, 0.3) is 0 Å². The molecule has 0 bridgehead atoms. The quantitative estimate of drug-likeness (QED) is 0.771. The van der Waals surface area contributed by atoms with Crippen molar-refractivity contribution in [2.45, 2.75) is 33.2 Å². The molecule has 2 heteroatoms. The third-order valence-corrected chi connectivity index (χ3v) is 3.73. The van der Waals surface area contributed by atoms with Crippen LogP contribution in [0.1, 0.15) is 34.8 Å². The Morgan fingerprint density at radius 3 is 2.75 bits per heavy atom. The average Bonchev–Trinajstić information content (AvgIpc) is 2.68. The number of aryl methyl sites for hydroxylation is 1. The summed E-state index contributed by atoms with van der Waals surface area (Å²) in [5.41, 5.74) is 3.23. The van der Waals surface area contributed by atoms with Gasteiger partial charge >= 0.3 is 0 Å². The highest BCUT2D eigenvalue weighted by molar-refractivity contribution is 6.00. The summed E-state index contributed by atoms with van der Waals surface area (Å²) in [6.45, 7) is 7.15. The molecule has 1 heterocycles. The van der Waals surface area contributed by atoms with Gasteiger partial charge in [0.2, 0.25) is 0 Å². The number of Topliss-reactive ketones (excluding diaryl/α,β-unsaturated/α-hetero) is 1. The molecule has 1 aromatic rings. The third kappa shape index (κ3) is 1.90. The number of carbonyl (C=O) groups excluding carboxylic acids is 1. The van der Waals surface area contributed by atoms with Crippen LogP contribution in [0.2, 0.25) is 0 Å². The predicted octanol–water partition coefficient (Wildman–Crippen LogP) is 2.48. The summed E-state index contributed by atoms with van der Waals surface area (Å²) >= 11 is 0. The minimum Gasteiger partial charge on any atom is -0.313 e. The van der Waals surface area contributed by atoms with Crippen LogP contribution in [0.3, 0.4) is 0 Å². The van der Waals surface area contributed by atoms with Gasteiger partial charge in [-0.25, -0.2) is 0 Å². The van der Waals surface area contributed by atoms with E-state index in [-0.39, 0.29) is 5.92 Å². The Bertz CT molecular complexity index is 411. The van der Waals surface area contributed by atoms with E-state index in [9.17, 15) is 4.79 Å². The predicted molar refractivity (Wildman–Crippen MR) is 65.8 cm³/mol. The number of nitrogens with one attached hydrogen (secondary N) is 1. The van der Waals surface area contributed by atoms with E-state index >= 15 is 0 Å². The van der Waals surface area contributed by atoms with Crippen molar-refractivity contribution in [2.75, 3.05) is 6.54 Å². The van der Waals surface area contributed by atoms with E-state index in [2.05, 4.69) is 25.2 Å². The van der Waals surface area contributed by atoms with Crippen LogP contribution < -0.4 is 5.32 Å². The highest BCUT2D eigenvalue weighted by Crippen LogP contribution is 2.23. The third-order valence-electron chi connectivity index (χ3n) is 3.73. The first-order valence-electron chi connectivity index (χ1n) is 5.95. The number of rotatable bonds is 2. The summed E-state index contributed by atoms with van der Waals surface area (Å²) in [6.07, 6.45) is 0.966. The molecule has 0 aliphatic carbocycles. The molecule has 1 saturated heterocycles. The molecule has 1 aliphatic heterocycles. The second-order valence-corrected chi connectivity index (χ2v) is 4.75. The lowest BCUT2D eigenvalue weighted by Gasteiger charge is -2.16. The Morgan fingerprint density at radius 1 is 1.38 bits per heavy atom. The van der Waals surface area contributed by atoms with Gasteiger partial charge in [0.25, 0.3) is 0 Å². The van der Waals surface area contributed by atoms with Crippen LogP contribution in [0.4, 0.5) is 0 Å². The van der Waals surface area contributed by atoms with Gasteiger partial charge in [-0.1, -0.05) is 18.2 Å². The molecular weight excluding hydrogens is 198 g/mol. The number of benzene rings is 1. The maximum absolute atomic E-state index is 12.4. The highest BCUT2D eigenvalue weighted by atomic mass is 16.1. The Kier molecular flexibility index (Phi) is 3.10. The zero-order valence-corrected chi connectivity index (χ0v) is 10.2. The molecule has 1 fully saturated rings. The maximum atomic E-state index is 12.4. The summed E-state index contributed by atoms with van der Waals surface area (Å²) in [6, 6.07) is 6.30. The minimum absolute atomic E-state index is 0.153. The van der Waals surface area contributed by atoms with Gasteiger partial charge in [0.15, 0.2) is 5.78 Å². The zero-order valence-electron chi connectivity index (χ0n) is 10.2. The van der Waals surface area contributed by atoms with Crippen LogP contribution in [-0.4, -0.2) is 18.4 Å². The van der Waals surface area contributed by atoms with Gasteiger partial charge in [-0.05, 0) is 44.9 Å². The molecule has 0 radical (unpaired) electrons. The van der Waals surface area contributed by atoms with Gasteiger partial charge in [0.05, 0.1) is 0 Å². The van der Waals surface area contributed by atoms with E-state index in [1.165, 1.54) is 5.56 Å². The fraction of sp³-hybridized carbons (Fsp3) is 0.500. The van der Waals surface area contributed by atoms with Gasteiger partial charge in [0, 0.05) is 17.5 Å². The van der Waals surface area contributed by atoms with Crippen molar-refractivity contribution in [3.8, 4) is 0 Å². The number of hydrogen-bond donors (Lipinski definition) is 1. The topological polar surface area (TPSA) is 29.1 Å². The van der Waals surface area contributed by atoms with Crippen molar-refractivity contribution >= 4 is 5.78 Å². The van der Waals surface area contributed by atoms with E-state index in [4.69, 9.17) is 0 Å². The molecule has 0 saturated carbocycles. The van der Waals surface area contributed by atoms with Crippen LogP contribution in [0.15, 0.2) is 18.2 Å². The first kappa shape index (κ1) is 11.3. The van der Waals surface area contributed by atoms with Gasteiger partial charge in [-0.2, -0.15) is 0 Å². The average molecular weight is 217 g/mol.